The van der Waals surface area contributed by atoms with Crippen LogP contribution >= 0.6 is 23.1 Å². The Balaban J connectivity index is 2.12. The molecule has 8 heteroatoms. The number of esters is 1. The topological polar surface area (TPSA) is 81.7 Å². The maximum Gasteiger partial charge on any atom is 0.341 e. The summed E-state index contributed by atoms with van der Waals surface area (Å²) in [6.45, 7) is 5.03. The fourth-order valence-electron chi connectivity index (χ4n) is 2.37. The lowest BCUT2D eigenvalue weighted by Gasteiger charge is -2.07. The third kappa shape index (κ3) is 5.33. The number of carbonyl (C=O) groups excluding carboxylic acids is 3. The molecule has 144 valence electrons. The lowest BCUT2D eigenvalue weighted by atomic mass is 10.1. The summed E-state index contributed by atoms with van der Waals surface area (Å²) in [7, 11) is 1.59. The predicted octanol–water partition coefficient (Wildman–Crippen LogP) is 4.18. The van der Waals surface area contributed by atoms with Gasteiger partial charge < -0.3 is 14.8 Å². The van der Waals surface area contributed by atoms with Gasteiger partial charge in [-0.3, -0.25) is 9.59 Å². The lowest BCUT2D eigenvalue weighted by molar-refractivity contribution is -0.113. The second-order valence-corrected chi connectivity index (χ2v) is 7.62. The van der Waals surface area contributed by atoms with Gasteiger partial charge in [-0.25, -0.2) is 4.79 Å². The van der Waals surface area contributed by atoms with Gasteiger partial charge in [-0.2, -0.15) is 0 Å². The molecule has 0 unspecified atom stereocenters. The number of benzene rings is 1. The standard InChI is InChI=1S/C19H21NO5S2/c1-5-25-19(23)16-11(2)17(12(3)21)27-18(16)20-15(22)10-26-14-8-6-13(24-4)7-9-14/h6-9H,5,10H2,1-4H3,(H,20,22). The number of hydrogen-bond acceptors (Lipinski definition) is 7. The number of Topliss-reactive ketones (excluding diaryl/α,β-unsaturated/α-hetero) is 1. The van der Waals surface area contributed by atoms with E-state index in [9.17, 15) is 14.4 Å². The predicted molar refractivity (Wildman–Crippen MR) is 107 cm³/mol. The molecule has 0 aliphatic heterocycles. The van der Waals surface area contributed by atoms with E-state index in [4.69, 9.17) is 9.47 Å². The van der Waals surface area contributed by atoms with Crippen molar-refractivity contribution in [3.63, 3.8) is 0 Å². The van der Waals surface area contributed by atoms with Gasteiger partial charge >= 0.3 is 5.97 Å². The second kappa shape index (κ2) is 9.57. The van der Waals surface area contributed by atoms with Crippen molar-refractivity contribution in [2.45, 2.75) is 25.7 Å². The first-order chi connectivity index (χ1) is 12.9. The van der Waals surface area contributed by atoms with Crippen LogP contribution < -0.4 is 10.1 Å². The second-order valence-electron chi connectivity index (χ2n) is 5.55. The first kappa shape index (κ1) is 21.0. The Labute approximate surface area is 166 Å². The minimum absolute atomic E-state index is 0.156. The number of thioether (sulfide) groups is 1. The van der Waals surface area contributed by atoms with Gasteiger partial charge in [0, 0.05) is 4.90 Å². The number of ether oxygens (including phenoxy) is 2. The highest BCUT2D eigenvalue weighted by molar-refractivity contribution is 8.00. The largest absolute Gasteiger partial charge is 0.497 e. The molecule has 0 saturated heterocycles. The van der Waals surface area contributed by atoms with E-state index in [1.54, 1.807) is 21.0 Å². The molecule has 27 heavy (non-hydrogen) atoms. The SMILES string of the molecule is CCOC(=O)c1c(NC(=O)CSc2ccc(OC)cc2)sc(C(C)=O)c1C. The molecule has 0 atom stereocenters. The number of amides is 1. The zero-order valence-electron chi connectivity index (χ0n) is 15.6. The molecule has 1 amide bonds. The molecule has 0 fully saturated rings. The van der Waals surface area contributed by atoms with Crippen molar-refractivity contribution >= 4 is 45.8 Å². The van der Waals surface area contributed by atoms with Crippen LogP contribution in [0.2, 0.25) is 0 Å². The summed E-state index contributed by atoms with van der Waals surface area (Å²) in [6, 6.07) is 7.37. The van der Waals surface area contributed by atoms with Crippen LogP contribution in [0.5, 0.6) is 5.75 Å². The first-order valence-electron chi connectivity index (χ1n) is 8.25. The summed E-state index contributed by atoms with van der Waals surface area (Å²) in [6.07, 6.45) is 0. The van der Waals surface area contributed by atoms with Crippen LogP contribution in [-0.4, -0.2) is 37.1 Å². The third-order valence-corrected chi connectivity index (χ3v) is 5.95. The fraction of sp³-hybridized carbons (Fsp3) is 0.316. The minimum Gasteiger partial charge on any atom is -0.497 e. The number of anilines is 1. The molecule has 1 aromatic carbocycles. The molecule has 2 aromatic rings. The molecule has 1 aromatic heterocycles. The summed E-state index contributed by atoms with van der Waals surface area (Å²) >= 11 is 2.46. The van der Waals surface area contributed by atoms with Crippen molar-refractivity contribution in [2.24, 2.45) is 0 Å². The van der Waals surface area contributed by atoms with E-state index in [1.807, 2.05) is 24.3 Å². The van der Waals surface area contributed by atoms with E-state index in [2.05, 4.69) is 5.32 Å². The monoisotopic (exact) mass is 407 g/mol. The van der Waals surface area contributed by atoms with Crippen molar-refractivity contribution < 1.29 is 23.9 Å². The highest BCUT2D eigenvalue weighted by atomic mass is 32.2. The average molecular weight is 408 g/mol. The zero-order valence-corrected chi connectivity index (χ0v) is 17.2. The Morgan fingerprint density at radius 3 is 2.41 bits per heavy atom. The maximum absolute atomic E-state index is 12.3. The summed E-state index contributed by atoms with van der Waals surface area (Å²) < 4.78 is 10.2. The molecular weight excluding hydrogens is 386 g/mol. The lowest BCUT2D eigenvalue weighted by Crippen LogP contribution is -2.16. The molecule has 2 rings (SSSR count). The van der Waals surface area contributed by atoms with Gasteiger partial charge in [-0.15, -0.1) is 23.1 Å². The van der Waals surface area contributed by atoms with Crippen LogP contribution in [0.25, 0.3) is 0 Å². The van der Waals surface area contributed by atoms with Gasteiger partial charge in [0.2, 0.25) is 5.91 Å². The van der Waals surface area contributed by atoms with E-state index in [0.717, 1.165) is 22.0 Å². The van der Waals surface area contributed by atoms with Crippen LogP contribution in [0.3, 0.4) is 0 Å². The summed E-state index contributed by atoms with van der Waals surface area (Å²) in [5, 5.41) is 3.08. The Bertz CT molecular complexity index is 843. The van der Waals surface area contributed by atoms with Gasteiger partial charge in [0.05, 0.1) is 29.9 Å². The third-order valence-electron chi connectivity index (χ3n) is 3.63. The van der Waals surface area contributed by atoms with Crippen molar-refractivity contribution in [2.75, 3.05) is 24.8 Å². The number of nitrogens with one attached hydrogen (secondary N) is 1. The van der Waals surface area contributed by atoms with E-state index >= 15 is 0 Å². The molecule has 1 heterocycles. The highest BCUT2D eigenvalue weighted by Crippen LogP contribution is 2.34. The Morgan fingerprint density at radius 2 is 1.85 bits per heavy atom. The number of hydrogen-bond donors (Lipinski definition) is 1. The molecular formula is C19H21NO5S2. The van der Waals surface area contributed by atoms with E-state index in [1.165, 1.54) is 18.7 Å². The van der Waals surface area contributed by atoms with Crippen LogP contribution in [0, 0.1) is 6.92 Å². The molecule has 0 saturated carbocycles. The number of methoxy groups -OCH3 is 1. The highest BCUT2D eigenvalue weighted by Gasteiger charge is 2.25. The summed E-state index contributed by atoms with van der Waals surface area (Å²) in [5.41, 5.74) is 0.777. The van der Waals surface area contributed by atoms with Crippen LogP contribution in [0.15, 0.2) is 29.2 Å². The molecule has 0 spiro atoms. The zero-order chi connectivity index (χ0) is 20.0. The van der Waals surface area contributed by atoms with Crippen molar-refractivity contribution in [1.29, 1.82) is 0 Å². The van der Waals surface area contributed by atoms with Gasteiger partial charge in [-0.05, 0) is 50.6 Å². The summed E-state index contributed by atoms with van der Waals surface area (Å²) in [5.74, 6) is -0.0551. The van der Waals surface area contributed by atoms with Gasteiger partial charge in [0.25, 0.3) is 0 Å². The van der Waals surface area contributed by atoms with Crippen molar-refractivity contribution in [3.8, 4) is 5.75 Å². The van der Waals surface area contributed by atoms with E-state index < -0.39 is 5.97 Å². The number of carbonyl (C=O) groups is 3. The van der Waals surface area contributed by atoms with Gasteiger partial charge in [0.1, 0.15) is 10.8 Å². The minimum atomic E-state index is -0.545. The number of thiophene rings is 1. The Hall–Kier alpha value is -2.32. The number of rotatable bonds is 8. The molecule has 0 aliphatic rings. The van der Waals surface area contributed by atoms with Gasteiger partial charge in [-0.1, -0.05) is 0 Å². The van der Waals surface area contributed by atoms with Gasteiger partial charge in [0.15, 0.2) is 5.78 Å². The normalized spacial score (nSPS) is 10.4. The summed E-state index contributed by atoms with van der Waals surface area (Å²) in [4.78, 5) is 37.7. The van der Waals surface area contributed by atoms with Crippen LogP contribution in [0.1, 0.15) is 39.4 Å². The van der Waals surface area contributed by atoms with Crippen molar-refractivity contribution in [1.82, 2.24) is 0 Å². The Morgan fingerprint density at radius 1 is 1.19 bits per heavy atom. The smallest absolute Gasteiger partial charge is 0.341 e. The number of ketones is 1. The van der Waals surface area contributed by atoms with Crippen LogP contribution in [-0.2, 0) is 9.53 Å². The van der Waals surface area contributed by atoms with E-state index in [0.29, 0.717) is 15.4 Å². The van der Waals surface area contributed by atoms with Crippen LogP contribution in [0.4, 0.5) is 5.00 Å². The van der Waals surface area contributed by atoms with E-state index in [-0.39, 0.29) is 29.6 Å². The molecule has 0 bridgehead atoms. The average Bonchev–Trinajstić information content (AvgIpc) is 2.97. The maximum atomic E-state index is 12.3. The molecule has 0 radical (unpaired) electrons. The Kier molecular flexibility index (Phi) is 7.44. The molecule has 1 N–H and O–H groups in total. The van der Waals surface area contributed by atoms with Crippen molar-refractivity contribution in [3.05, 3.63) is 40.3 Å². The molecule has 0 aliphatic carbocycles. The molecule has 6 nitrogen and oxygen atoms in total. The first-order valence-corrected chi connectivity index (χ1v) is 10.1. The quantitative estimate of drug-likeness (QED) is 0.402. The fourth-order valence-corrected chi connectivity index (χ4v) is 4.17.